The number of benzene rings is 1. The molecule has 0 saturated carbocycles. The molecule has 2 heterocycles. The molecule has 1 aromatic heterocycles. The molecule has 2 N–H and O–H groups in total. The summed E-state index contributed by atoms with van der Waals surface area (Å²) in [4.78, 5) is 6.65. The number of nitrogens with one attached hydrogen (secondary N) is 2. The predicted molar refractivity (Wildman–Crippen MR) is 121 cm³/mol. The molecule has 5 nitrogen and oxygen atoms in total. The zero-order valence-corrected chi connectivity index (χ0v) is 18.8. The fraction of sp³-hybridized carbons (Fsp3) is 0.421. The minimum absolute atomic E-state index is 0. The quantitative estimate of drug-likeness (QED) is 0.262. The Morgan fingerprint density at radius 1 is 1.25 bits per heavy atom. The van der Waals surface area contributed by atoms with Gasteiger partial charge < -0.3 is 20.3 Å². The maximum atomic E-state index is 13.1. The van der Waals surface area contributed by atoms with Gasteiger partial charge in [-0.3, -0.25) is 4.99 Å². The lowest BCUT2D eigenvalue weighted by Gasteiger charge is -2.33. The topological polar surface area (TPSA) is 48.9 Å². The number of guanidine groups is 1. The molecule has 1 fully saturated rings. The van der Waals surface area contributed by atoms with Crippen molar-refractivity contribution in [2.24, 2.45) is 4.99 Å². The molecule has 28 heavy (non-hydrogen) atoms. The Bertz CT molecular complexity index is 752. The van der Waals surface area contributed by atoms with Crippen molar-refractivity contribution in [3.63, 3.8) is 0 Å². The minimum atomic E-state index is -0.910. The predicted octanol–water partition coefficient (Wildman–Crippen LogP) is 3.86. The van der Waals surface area contributed by atoms with Crippen LogP contribution in [0.1, 0.15) is 12.8 Å². The van der Waals surface area contributed by atoms with Crippen LogP contribution in [0.5, 0.6) is 5.75 Å². The molecule has 1 aliphatic heterocycles. The summed E-state index contributed by atoms with van der Waals surface area (Å²) < 4.78 is 31.5. The van der Waals surface area contributed by atoms with Crippen LogP contribution in [0.4, 0.5) is 13.8 Å². The summed E-state index contributed by atoms with van der Waals surface area (Å²) in [5.41, 5.74) is 0. The van der Waals surface area contributed by atoms with Gasteiger partial charge in [0.05, 0.1) is 11.5 Å². The highest BCUT2D eigenvalue weighted by Crippen LogP contribution is 2.24. The molecule has 0 aliphatic carbocycles. The largest absolute Gasteiger partial charge is 0.492 e. The highest BCUT2D eigenvalue weighted by atomic mass is 127. The number of hydrogen-bond acceptors (Lipinski definition) is 4. The van der Waals surface area contributed by atoms with Crippen molar-refractivity contribution < 1.29 is 13.5 Å². The maximum Gasteiger partial charge on any atom is 0.191 e. The van der Waals surface area contributed by atoms with Gasteiger partial charge in [-0.2, -0.15) is 0 Å². The van der Waals surface area contributed by atoms with E-state index < -0.39 is 11.6 Å². The van der Waals surface area contributed by atoms with E-state index in [0.717, 1.165) is 44.0 Å². The van der Waals surface area contributed by atoms with E-state index in [9.17, 15) is 8.78 Å². The van der Waals surface area contributed by atoms with Gasteiger partial charge in [0.15, 0.2) is 17.6 Å². The molecule has 9 heteroatoms. The zero-order chi connectivity index (χ0) is 19.1. The molecule has 0 amide bonds. The van der Waals surface area contributed by atoms with E-state index in [1.165, 1.54) is 11.1 Å². The van der Waals surface area contributed by atoms with Crippen molar-refractivity contribution in [2.75, 3.05) is 38.2 Å². The molecule has 0 bridgehead atoms. The van der Waals surface area contributed by atoms with E-state index in [2.05, 4.69) is 38.0 Å². The molecule has 1 aliphatic rings. The smallest absolute Gasteiger partial charge is 0.191 e. The van der Waals surface area contributed by atoms with E-state index in [1.54, 1.807) is 18.4 Å². The number of nitrogens with zero attached hydrogens (tertiary/aromatic N) is 2. The number of anilines is 1. The van der Waals surface area contributed by atoms with Crippen LogP contribution in [-0.2, 0) is 0 Å². The lowest BCUT2D eigenvalue weighted by Crippen LogP contribution is -2.49. The number of aliphatic imine (C=N–C) groups is 1. The molecule has 0 unspecified atom stereocenters. The van der Waals surface area contributed by atoms with Crippen molar-refractivity contribution in [3.05, 3.63) is 47.3 Å². The van der Waals surface area contributed by atoms with Crippen LogP contribution in [0.25, 0.3) is 0 Å². The van der Waals surface area contributed by atoms with Gasteiger partial charge in [0.25, 0.3) is 0 Å². The summed E-state index contributed by atoms with van der Waals surface area (Å²) in [6, 6.07) is 8.13. The van der Waals surface area contributed by atoms with E-state index >= 15 is 0 Å². The van der Waals surface area contributed by atoms with Gasteiger partial charge in [-0.15, -0.1) is 35.3 Å². The normalized spacial score (nSPS) is 15.1. The molecule has 3 rings (SSSR count). The molecule has 2 aromatic rings. The third-order valence-electron chi connectivity index (χ3n) is 4.43. The molecule has 1 aromatic carbocycles. The summed E-state index contributed by atoms with van der Waals surface area (Å²) >= 11 is 1.77. The summed E-state index contributed by atoms with van der Waals surface area (Å²) in [5, 5.41) is 10.1. The molecule has 0 atom stereocenters. The van der Waals surface area contributed by atoms with E-state index in [0.29, 0.717) is 24.9 Å². The lowest BCUT2D eigenvalue weighted by atomic mass is 10.1. The van der Waals surface area contributed by atoms with Gasteiger partial charge in [0.2, 0.25) is 0 Å². The monoisotopic (exact) mass is 522 g/mol. The molecule has 1 saturated heterocycles. The number of piperidine rings is 1. The van der Waals surface area contributed by atoms with Crippen molar-refractivity contribution in [1.29, 1.82) is 0 Å². The summed E-state index contributed by atoms with van der Waals surface area (Å²) in [6.45, 7) is 2.87. The van der Waals surface area contributed by atoms with Gasteiger partial charge in [-0.25, -0.2) is 8.78 Å². The first kappa shape index (κ1) is 22.7. The standard InChI is InChI=1S/C19H24F2N4OS.HI/c1-22-19(23-8-11-26-15-4-5-16(20)17(21)13-15)24-14-6-9-25(10-7-14)18-3-2-12-27-18;/h2-5,12-14H,6-11H2,1H3,(H2,22,23,24);1H. The highest BCUT2D eigenvalue weighted by molar-refractivity contribution is 14.0. The number of rotatable bonds is 6. The Balaban J connectivity index is 0.00000280. The van der Waals surface area contributed by atoms with Crippen LogP contribution < -0.4 is 20.3 Å². The fourth-order valence-electron chi connectivity index (χ4n) is 2.99. The second-order valence-electron chi connectivity index (χ2n) is 6.28. The molecular weight excluding hydrogens is 497 g/mol. The summed E-state index contributed by atoms with van der Waals surface area (Å²) in [6.07, 6.45) is 2.09. The Labute approximate surface area is 185 Å². The SMILES string of the molecule is CN=C(NCCOc1ccc(F)c(F)c1)NC1CCN(c2cccs2)CC1.I. The Morgan fingerprint density at radius 2 is 2.04 bits per heavy atom. The third kappa shape index (κ3) is 6.47. The average Bonchev–Trinajstić information content (AvgIpc) is 3.22. The Hall–Kier alpha value is -1.62. The van der Waals surface area contributed by atoms with E-state index in [-0.39, 0.29) is 24.0 Å². The van der Waals surface area contributed by atoms with Gasteiger partial charge in [-0.1, -0.05) is 0 Å². The number of halogens is 3. The number of hydrogen-bond donors (Lipinski definition) is 2. The Morgan fingerprint density at radius 3 is 2.68 bits per heavy atom. The van der Waals surface area contributed by atoms with Crippen molar-refractivity contribution in [1.82, 2.24) is 10.6 Å². The van der Waals surface area contributed by atoms with Crippen LogP contribution in [0.3, 0.4) is 0 Å². The molecule has 154 valence electrons. The first-order valence-electron chi connectivity index (χ1n) is 8.99. The number of ether oxygens (including phenoxy) is 1. The van der Waals surface area contributed by atoms with Crippen LogP contribution in [-0.4, -0.2) is 45.3 Å². The highest BCUT2D eigenvalue weighted by Gasteiger charge is 2.20. The van der Waals surface area contributed by atoms with Crippen molar-refractivity contribution >= 4 is 46.3 Å². The van der Waals surface area contributed by atoms with Crippen LogP contribution in [0.2, 0.25) is 0 Å². The van der Waals surface area contributed by atoms with Crippen molar-refractivity contribution in [2.45, 2.75) is 18.9 Å². The first-order chi connectivity index (χ1) is 13.2. The van der Waals surface area contributed by atoms with E-state index in [4.69, 9.17) is 4.74 Å². The third-order valence-corrected chi connectivity index (χ3v) is 5.36. The maximum absolute atomic E-state index is 13.1. The average molecular weight is 522 g/mol. The van der Waals surface area contributed by atoms with Crippen molar-refractivity contribution in [3.8, 4) is 5.75 Å². The van der Waals surface area contributed by atoms with Gasteiger partial charge in [0.1, 0.15) is 12.4 Å². The first-order valence-corrected chi connectivity index (χ1v) is 9.87. The van der Waals surface area contributed by atoms with Crippen LogP contribution >= 0.6 is 35.3 Å². The second-order valence-corrected chi connectivity index (χ2v) is 7.21. The van der Waals surface area contributed by atoms with Gasteiger partial charge >= 0.3 is 0 Å². The lowest BCUT2D eigenvalue weighted by molar-refractivity contribution is 0.318. The molecular formula is C19H25F2IN4OS. The fourth-order valence-corrected chi connectivity index (χ4v) is 3.77. The van der Waals surface area contributed by atoms with Gasteiger partial charge in [0, 0.05) is 32.2 Å². The second kappa shape index (κ2) is 11.4. The Kier molecular flexibility index (Phi) is 9.23. The number of thiophene rings is 1. The summed E-state index contributed by atoms with van der Waals surface area (Å²) in [7, 11) is 1.73. The molecule has 0 spiro atoms. The summed E-state index contributed by atoms with van der Waals surface area (Å²) in [5.74, 6) is -0.764. The minimum Gasteiger partial charge on any atom is -0.492 e. The zero-order valence-electron chi connectivity index (χ0n) is 15.7. The van der Waals surface area contributed by atoms with Gasteiger partial charge in [-0.05, 0) is 42.5 Å². The van der Waals surface area contributed by atoms with Crippen LogP contribution in [0, 0.1) is 11.6 Å². The van der Waals surface area contributed by atoms with E-state index in [1.807, 2.05) is 0 Å². The molecule has 0 radical (unpaired) electrons. The van der Waals surface area contributed by atoms with Crippen LogP contribution in [0.15, 0.2) is 40.7 Å².